The number of aromatic nitrogens is 2. The van der Waals surface area contributed by atoms with Crippen LogP contribution in [0.2, 0.25) is 0 Å². The third-order valence-electron chi connectivity index (χ3n) is 2.10. The molecule has 5 nitrogen and oxygen atoms in total. The summed E-state index contributed by atoms with van der Waals surface area (Å²) in [7, 11) is 1.53. The number of nitrogens with one attached hydrogen (secondary N) is 2. The van der Waals surface area contributed by atoms with Crippen LogP contribution in [0.25, 0.3) is 0 Å². The van der Waals surface area contributed by atoms with Crippen molar-refractivity contribution >= 4 is 11.7 Å². The minimum absolute atomic E-state index is 0.235. The van der Waals surface area contributed by atoms with Crippen LogP contribution in [0.4, 0.5) is 5.82 Å². The van der Waals surface area contributed by atoms with Gasteiger partial charge in [0, 0.05) is 6.07 Å². The van der Waals surface area contributed by atoms with Crippen molar-refractivity contribution in [1.29, 1.82) is 0 Å². The maximum Gasteiger partial charge on any atom is 0.260 e. The number of hydrogen-bond acceptors (Lipinski definition) is 3. The van der Waals surface area contributed by atoms with Crippen molar-refractivity contribution in [3.63, 3.8) is 0 Å². The van der Waals surface area contributed by atoms with Gasteiger partial charge in [-0.15, -0.1) is 0 Å². The highest BCUT2D eigenvalue weighted by molar-refractivity contribution is 6.05. The van der Waals surface area contributed by atoms with Crippen molar-refractivity contribution in [3.05, 3.63) is 42.1 Å². The molecule has 2 N–H and O–H groups in total. The lowest BCUT2D eigenvalue weighted by Crippen LogP contribution is -2.13. The van der Waals surface area contributed by atoms with E-state index in [0.717, 1.165) is 0 Å². The van der Waals surface area contributed by atoms with Crippen LogP contribution in [0.15, 0.2) is 36.5 Å². The molecule has 0 spiro atoms. The minimum Gasteiger partial charge on any atom is -0.496 e. The number of hydrogen-bond donors (Lipinski definition) is 2. The zero-order valence-corrected chi connectivity index (χ0v) is 8.73. The summed E-state index contributed by atoms with van der Waals surface area (Å²) in [4.78, 5) is 11.9. The SMILES string of the molecule is COc1ccccc1C(=O)Nc1ccn[nH]1. The number of para-hydroxylation sites is 1. The van der Waals surface area contributed by atoms with Gasteiger partial charge in [-0.05, 0) is 12.1 Å². The van der Waals surface area contributed by atoms with Crippen molar-refractivity contribution in [2.24, 2.45) is 0 Å². The summed E-state index contributed by atoms with van der Waals surface area (Å²) >= 11 is 0. The normalized spacial score (nSPS) is 9.81. The fourth-order valence-corrected chi connectivity index (χ4v) is 1.35. The molecule has 1 aromatic carbocycles. The highest BCUT2D eigenvalue weighted by Gasteiger charge is 2.11. The van der Waals surface area contributed by atoms with Crippen LogP contribution in [-0.4, -0.2) is 23.2 Å². The average molecular weight is 217 g/mol. The van der Waals surface area contributed by atoms with Crippen molar-refractivity contribution in [1.82, 2.24) is 10.2 Å². The van der Waals surface area contributed by atoms with Crippen LogP contribution < -0.4 is 10.1 Å². The van der Waals surface area contributed by atoms with E-state index >= 15 is 0 Å². The van der Waals surface area contributed by atoms with Gasteiger partial charge in [-0.2, -0.15) is 5.10 Å². The third-order valence-corrected chi connectivity index (χ3v) is 2.10. The Morgan fingerprint density at radius 1 is 1.38 bits per heavy atom. The van der Waals surface area contributed by atoms with Crippen LogP contribution in [0, 0.1) is 0 Å². The lowest BCUT2D eigenvalue weighted by atomic mass is 10.2. The molecule has 1 amide bonds. The summed E-state index contributed by atoms with van der Waals surface area (Å²) in [5, 5.41) is 9.07. The number of aromatic amines is 1. The van der Waals surface area contributed by atoms with Gasteiger partial charge >= 0.3 is 0 Å². The lowest BCUT2D eigenvalue weighted by Gasteiger charge is -2.07. The predicted octanol–water partition coefficient (Wildman–Crippen LogP) is 1.67. The number of methoxy groups -OCH3 is 1. The molecule has 0 saturated heterocycles. The van der Waals surface area contributed by atoms with Gasteiger partial charge < -0.3 is 10.1 Å². The second-order valence-electron chi connectivity index (χ2n) is 3.12. The Hall–Kier alpha value is -2.30. The fourth-order valence-electron chi connectivity index (χ4n) is 1.35. The summed E-state index contributed by atoms with van der Waals surface area (Å²) < 4.78 is 5.10. The maximum absolute atomic E-state index is 11.9. The van der Waals surface area contributed by atoms with E-state index in [4.69, 9.17) is 4.74 Å². The number of amides is 1. The number of carbonyl (C=O) groups excluding carboxylic acids is 1. The molecule has 82 valence electrons. The van der Waals surface area contributed by atoms with Gasteiger partial charge in [-0.25, -0.2) is 0 Å². The molecular weight excluding hydrogens is 206 g/mol. The molecule has 0 radical (unpaired) electrons. The van der Waals surface area contributed by atoms with E-state index in [2.05, 4.69) is 15.5 Å². The molecular formula is C11H11N3O2. The van der Waals surface area contributed by atoms with Crippen LogP contribution in [0.1, 0.15) is 10.4 Å². The summed E-state index contributed by atoms with van der Waals surface area (Å²) in [6.45, 7) is 0. The third kappa shape index (κ3) is 2.03. The Kier molecular flexibility index (Phi) is 2.86. The Morgan fingerprint density at radius 3 is 2.88 bits per heavy atom. The summed E-state index contributed by atoms with van der Waals surface area (Å²) in [5.74, 6) is 0.858. The van der Waals surface area contributed by atoms with E-state index in [1.54, 1.807) is 30.5 Å². The van der Waals surface area contributed by atoms with Crippen LogP contribution in [0.3, 0.4) is 0 Å². The van der Waals surface area contributed by atoms with Crippen molar-refractivity contribution in [3.8, 4) is 5.75 Å². The van der Waals surface area contributed by atoms with Crippen LogP contribution in [0.5, 0.6) is 5.75 Å². The minimum atomic E-state index is -0.235. The Morgan fingerprint density at radius 2 is 2.19 bits per heavy atom. The van der Waals surface area contributed by atoms with Crippen molar-refractivity contribution in [2.45, 2.75) is 0 Å². The zero-order valence-electron chi connectivity index (χ0n) is 8.73. The maximum atomic E-state index is 11.9. The molecule has 0 aliphatic carbocycles. The van der Waals surface area contributed by atoms with Crippen LogP contribution in [-0.2, 0) is 0 Å². The Bertz CT molecular complexity index is 480. The number of anilines is 1. The molecule has 0 bridgehead atoms. The quantitative estimate of drug-likeness (QED) is 0.821. The van der Waals surface area contributed by atoms with E-state index < -0.39 is 0 Å². The van der Waals surface area contributed by atoms with E-state index in [0.29, 0.717) is 17.1 Å². The number of nitrogens with zero attached hydrogens (tertiary/aromatic N) is 1. The first kappa shape index (κ1) is 10.2. The predicted molar refractivity (Wildman–Crippen MR) is 59.5 cm³/mol. The molecule has 0 aliphatic heterocycles. The van der Waals surface area contributed by atoms with Gasteiger partial charge in [-0.3, -0.25) is 9.89 Å². The number of rotatable bonds is 3. The molecule has 16 heavy (non-hydrogen) atoms. The van der Waals surface area contributed by atoms with E-state index in [-0.39, 0.29) is 5.91 Å². The summed E-state index contributed by atoms with van der Waals surface area (Å²) in [5.41, 5.74) is 0.486. The first-order valence-electron chi connectivity index (χ1n) is 4.75. The smallest absolute Gasteiger partial charge is 0.260 e. The fraction of sp³-hybridized carbons (Fsp3) is 0.0909. The molecule has 2 rings (SSSR count). The van der Waals surface area contributed by atoms with Gasteiger partial charge in [-0.1, -0.05) is 12.1 Å². The molecule has 0 atom stereocenters. The topological polar surface area (TPSA) is 67.0 Å². The first-order chi connectivity index (χ1) is 7.81. The number of carbonyl (C=O) groups is 1. The molecule has 2 aromatic rings. The highest BCUT2D eigenvalue weighted by atomic mass is 16.5. The molecule has 0 fully saturated rings. The second-order valence-corrected chi connectivity index (χ2v) is 3.12. The van der Waals surface area contributed by atoms with Gasteiger partial charge in [0.1, 0.15) is 11.6 Å². The highest BCUT2D eigenvalue weighted by Crippen LogP contribution is 2.18. The zero-order chi connectivity index (χ0) is 11.4. The standard InChI is InChI=1S/C11H11N3O2/c1-16-9-5-3-2-4-8(9)11(15)13-10-6-7-12-14-10/h2-7H,1H3,(H2,12,13,14,15). The van der Waals surface area contributed by atoms with Crippen LogP contribution >= 0.6 is 0 Å². The van der Waals surface area contributed by atoms with E-state index in [9.17, 15) is 4.79 Å². The van der Waals surface area contributed by atoms with Gasteiger partial charge in [0.05, 0.1) is 18.9 Å². The summed E-state index contributed by atoms with van der Waals surface area (Å²) in [6, 6.07) is 8.70. The van der Waals surface area contributed by atoms with E-state index in [1.165, 1.54) is 7.11 Å². The molecule has 5 heteroatoms. The number of H-pyrrole nitrogens is 1. The Labute approximate surface area is 92.4 Å². The average Bonchev–Trinajstić information content (AvgIpc) is 2.81. The van der Waals surface area contributed by atoms with Gasteiger partial charge in [0.15, 0.2) is 0 Å². The van der Waals surface area contributed by atoms with E-state index in [1.807, 2.05) is 6.07 Å². The molecule has 1 aromatic heterocycles. The number of ether oxygens (including phenoxy) is 1. The van der Waals surface area contributed by atoms with Crippen molar-refractivity contribution < 1.29 is 9.53 Å². The van der Waals surface area contributed by atoms with Crippen molar-refractivity contribution in [2.75, 3.05) is 12.4 Å². The molecule has 0 aliphatic rings. The molecule has 1 heterocycles. The first-order valence-corrected chi connectivity index (χ1v) is 4.75. The van der Waals surface area contributed by atoms with Gasteiger partial charge in [0.25, 0.3) is 5.91 Å². The largest absolute Gasteiger partial charge is 0.496 e. The lowest BCUT2D eigenvalue weighted by molar-refractivity contribution is 0.102. The monoisotopic (exact) mass is 217 g/mol. The summed E-state index contributed by atoms with van der Waals surface area (Å²) in [6.07, 6.45) is 1.57. The second kappa shape index (κ2) is 4.48. The van der Waals surface area contributed by atoms with Gasteiger partial charge in [0.2, 0.25) is 0 Å². The number of benzene rings is 1. The Balaban J connectivity index is 2.21. The molecule has 0 saturated carbocycles. The molecule has 0 unspecified atom stereocenters.